The van der Waals surface area contributed by atoms with Crippen LogP contribution >= 0.6 is 12.4 Å². The van der Waals surface area contributed by atoms with Crippen molar-refractivity contribution in [2.24, 2.45) is 0 Å². The minimum atomic E-state index is -0.453. The average Bonchev–Trinajstić information content (AvgIpc) is 3.17. The van der Waals surface area contributed by atoms with Gasteiger partial charge in [0, 0.05) is 19.5 Å². The van der Waals surface area contributed by atoms with Crippen LogP contribution in [0.4, 0.5) is 0 Å². The Hall–Kier alpha value is -1.36. The van der Waals surface area contributed by atoms with Gasteiger partial charge in [0.25, 0.3) is 0 Å². The predicted octanol–water partition coefficient (Wildman–Crippen LogP) is 3.14. The van der Waals surface area contributed by atoms with Gasteiger partial charge in [-0.25, -0.2) is 0 Å². The number of ketones is 1. The molecule has 23 heavy (non-hydrogen) atoms. The number of nitrogens with zero attached hydrogens (tertiary/aromatic N) is 2. The number of Topliss-reactive ketones (excluding diaryl/α,β-unsaturated/α-hetero) is 1. The predicted molar refractivity (Wildman–Crippen MR) is 94.2 cm³/mol. The van der Waals surface area contributed by atoms with Crippen molar-refractivity contribution < 1.29 is 9.63 Å². The van der Waals surface area contributed by atoms with Gasteiger partial charge >= 0.3 is 0 Å². The van der Waals surface area contributed by atoms with E-state index in [4.69, 9.17) is 4.84 Å². The first-order valence-electron chi connectivity index (χ1n) is 8.09. The molecule has 5 heteroatoms. The van der Waals surface area contributed by atoms with E-state index < -0.39 is 6.10 Å². The van der Waals surface area contributed by atoms with E-state index in [0.717, 1.165) is 24.4 Å². The minimum Gasteiger partial charge on any atom is -0.300 e. The van der Waals surface area contributed by atoms with E-state index in [9.17, 15) is 4.79 Å². The number of hydrogen-bond acceptors (Lipinski definition) is 4. The standard InChI is InChI=1S/C18H24N2O2.ClH/c1-14(20-10-6-7-11-20)12-17(21)18-13-16(19(2)22-18)15-8-4-3-5-9-15;/h3-5,8-9,13-14,18H,6-7,10-12H2,1-2H3;1H. The molecule has 3 rings (SSSR count). The van der Waals surface area contributed by atoms with Crippen LogP contribution in [-0.4, -0.2) is 48.0 Å². The SMILES string of the molecule is CC(CC(=O)C1C=C(c2ccccc2)N(C)O1)N1CCCC1.Cl. The van der Waals surface area contributed by atoms with Gasteiger partial charge in [0.2, 0.25) is 0 Å². The molecule has 2 atom stereocenters. The molecule has 0 bridgehead atoms. The van der Waals surface area contributed by atoms with Gasteiger partial charge < -0.3 is 4.90 Å². The van der Waals surface area contributed by atoms with Crippen molar-refractivity contribution in [1.82, 2.24) is 9.96 Å². The summed E-state index contributed by atoms with van der Waals surface area (Å²) in [6, 6.07) is 10.3. The Kier molecular flexibility index (Phi) is 6.22. The van der Waals surface area contributed by atoms with E-state index in [1.165, 1.54) is 12.8 Å². The molecule has 0 aromatic heterocycles. The van der Waals surface area contributed by atoms with E-state index in [1.807, 2.05) is 43.5 Å². The van der Waals surface area contributed by atoms with Crippen LogP contribution in [-0.2, 0) is 9.63 Å². The third kappa shape index (κ3) is 4.14. The van der Waals surface area contributed by atoms with E-state index in [1.54, 1.807) is 5.06 Å². The maximum atomic E-state index is 12.5. The molecule has 2 heterocycles. The second kappa shape index (κ2) is 7.95. The summed E-state index contributed by atoms with van der Waals surface area (Å²) in [4.78, 5) is 20.6. The molecule has 1 fully saturated rings. The lowest BCUT2D eigenvalue weighted by Gasteiger charge is -2.24. The van der Waals surface area contributed by atoms with Crippen molar-refractivity contribution in [1.29, 1.82) is 0 Å². The second-order valence-corrected chi connectivity index (χ2v) is 6.20. The fourth-order valence-electron chi connectivity index (χ4n) is 3.26. The lowest BCUT2D eigenvalue weighted by atomic mass is 10.0. The molecule has 0 N–H and O–H groups in total. The van der Waals surface area contributed by atoms with Gasteiger partial charge in [-0.3, -0.25) is 14.7 Å². The van der Waals surface area contributed by atoms with Gasteiger partial charge in [-0.05, 0) is 44.5 Å². The largest absolute Gasteiger partial charge is 0.300 e. The summed E-state index contributed by atoms with van der Waals surface area (Å²) in [7, 11) is 1.86. The van der Waals surface area contributed by atoms with Crippen LogP contribution < -0.4 is 0 Å². The fraction of sp³-hybridized carbons (Fsp3) is 0.500. The highest BCUT2D eigenvalue weighted by Gasteiger charge is 2.30. The first-order chi connectivity index (χ1) is 10.6. The van der Waals surface area contributed by atoms with E-state index >= 15 is 0 Å². The number of carbonyl (C=O) groups is 1. The van der Waals surface area contributed by atoms with Crippen LogP contribution in [0.15, 0.2) is 36.4 Å². The van der Waals surface area contributed by atoms with Crippen LogP contribution in [0.25, 0.3) is 5.70 Å². The Morgan fingerprint density at radius 1 is 1.26 bits per heavy atom. The van der Waals surface area contributed by atoms with Crippen molar-refractivity contribution in [3.63, 3.8) is 0 Å². The number of carbonyl (C=O) groups excluding carboxylic acids is 1. The maximum Gasteiger partial charge on any atom is 0.169 e. The zero-order chi connectivity index (χ0) is 15.5. The molecule has 1 saturated heterocycles. The number of halogens is 1. The zero-order valence-electron chi connectivity index (χ0n) is 13.8. The summed E-state index contributed by atoms with van der Waals surface area (Å²) in [5.74, 6) is 0.164. The van der Waals surface area contributed by atoms with Gasteiger partial charge in [-0.1, -0.05) is 30.3 Å². The molecule has 2 aliphatic rings. The van der Waals surface area contributed by atoms with Crippen molar-refractivity contribution in [3.8, 4) is 0 Å². The molecule has 2 unspecified atom stereocenters. The number of rotatable bonds is 5. The Morgan fingerprint density at radius 3 is 2.57 bits per heavy atom. The molecule has 2 aliphatic heterocycles. The number of likely N-dealkylation sites (tertiary alicyclic amines) is 1. The van der Waals surface area contributed by atoms with Gasteiger partial charge in [0.15, 0.2) is 11.9 Å². The Bertz CT molecular complexity index is 555. The van der Waals surface area contributed by atoms with Crippen LogP contribution in [0.1, 0.15) is 31.7 Å². The highest BCUT2D eigenvalue weighted by atomic mass is 35.5. The first kappa shape index (κ1) is 18.0. The Morgan fingerprint density at radius 2 is 1.91 bits per heavy atom. The van der Waals surface area contributed by atoms with Crippen LogP contribution in [0, 0.1) is 0 Å². The van der Waals surface area contributed by atoms with Crippen molar-refractivity contribution >= 4 is 23.9 Å². The van der Waals surface area contributed by atoms with E-state index in [2.05, 4.69) is 11.8 Å². The number of hydroxylamine groups is 2. The molecular formula is C18H25ClN2O2. The smallest absolute Gasteiger partial charge is 0.169 e. The minimum absolute atomic E-state index is 0. The quantitative estimate of drug-likeness (QED) is 0.827. The number of benzene rings is 1. The molecule has 126 valence electrons. The van der Waals surface area contributed by atoms with Crippen molar-refractivity contribution in [3.05, 3.63) is 42.0 Å². The van der Waals surface area contributed by atoms with E-state index in [0.29, 0.717) is 12.5 Å². The summed E-state index contributed by atoms with van der Waals surface area (Å²) in [5.41, 5.74) is 2.04. The summed E-state index contributed by atoms with van der Waals surface area (Å²) in [5, 5.41) is 1.71. The van der Waals surface area contributed by atoms with Crippen molar-refractivity contribution in [2.45, 2.75) is 38.3 Å². The van der Waals surface area contributed by atoms with Gasteiger partial charge in [-0.2, -0.15) is 0 Å². The van der Waals surface area contributed by atoms with Crippen molar-refractivity contribution in [2.75, 3.05) is 20.1 Å². The molecule has 0 spiro atoms. The maximum absolute atomic E-state index is 12.5. The van der Waals surface area contributed by atoms with Crippen LogP contribution in [0.2, 0.25) is 0 Å². The molecule has 4 nitrogen and oxygen atoms in total. The molecule has 1 aromatic rings. The Labute approximate surface area is 144 Å². The van der Waals surface area contributed by atoms with E-state index in [-0.39, 0.29) is 18.2 Å². The molecule has 0 amide bonds. The summed E-state index contributed by atoms with van der Waals surface area (Å²) >= 11 is 0. The normalized spacial score (nSPS) is 22.6. The lowest BCUT2D eigenvalue weighted by Crippen LogP contribution is -2.35. The molecule has 1 aromatic carbocycles. The van der Waals surface area contributed by atoms with Gasteiger partial charge in [-0.15, -0.1) is 12.4 Å². The highest BCUT2D eigenvalue weighted by molar-refractivity contribution is 5.88. The molecular weight excluding hydrogens is 312 g/mol. The lowest BCUT2D eigenvalue weighted by molar-refractivity contribution is -0.147. The van der Waals surface area contributed by atoms with Crippen LogP contribution in [0.5, 0.6) is 0 Å². The topological polar surface area (TPSA) is 32.8 Å². The second-order valence-electron chi connectivity index (χ2n) is 6.20. The summed E-state index contributed by atoms with van der Waals surface area (Å²) in [6.07, 6.45) is 4.54. The van der Waals surface area contributed by atoms with Crippen LogP contribution in [0.3, 0.4) is 0 Å². The highest BCUT2D eigenvalue weighted by Crippen LogP contribution is 2.27. The molecule has 0 radical (unpaired) electrons. The van der Waals surface area contributed by atoms with Gasteiger partial charge in [0.1, 0.15) is 0 Å². The zero-order valence-corrected chi connectivity index (χ0v) is 14.6. The summed E-state index contributed by atoms with van der Waals surface area (Å²) in [6.45, 7) is 4.37. The third-order valence-electron chi connectivity index (χ3n) is 4.57. The monoisotopic (exact) mass is 336 g/mol. The third-order valence-corrected chi connectivity index (χ3v) is 4.57. The fourth-order valence-corrected chi connectivity index (χ4v) is 3.26. The number of hydrogen-bond donors (Lipinski definition) is 0. The van der Waals surface area contributed by atoms with Gasteiger partial charge in [0.05, 0.1) is 5.70 Å². The Balaban J connectivity index is 0.00000192. The summed E-state index contributed by atoms with van der Waals surface area (Å²) < 4.78 is 0. The molecule has 0 aliphatic carbocycles. The molecule has 0 saturated carbocycles. The average molecular weight is 337 g/mol. The first-order valence-corrected chi connectivity index (χ1v) is 8.09.